The highest BCUT2D eigenvalue weighted by atomic mass is 79.9. The first-order valence-electron chi connectivity index (χ1n) is 3.94. The van der Waals surface area contributed by atoms with Crippen LogP contribution < -0.4 is 4.74 Å². The SMILES string of the molecule is COc1ccc(C#N)cc1CCBr. The second-order valence-electron chi connectivity index (χ2n) is 2.58. The van der Waals surface area contributed by atoms with Gasteiger partial charge in [0.1, 0.15) is 5.75 Å². The molecule has 0 amide bonds. The summed E-state index contributed by atoms with van der Waals surface area (Å²) in [5.41, 5.74) is 1.75. The fourth-order valence-electron chi connectivity index (χ4n) is 1.15. The first kappa shape index (κ1) is 10.1. The van der Waals surface area contributed by atoms with Crippen LogP contribution in [0, 0.1) is 11.3 Å². The Bertz CT molecular complexity index is 330. The fraction of sp³-hybridized carbons (Fsp3) is 0.300. The Morgan fingerprint density at radius 1 is 1.54 bits per heavy atom. The van der Waals surface area contributed by atoms with E-state index in [0.717, 1.165) is 23.1 Å². The summed E-state index contributed by atoms with van der Waals surface area (Å²) in [6, 6.07) is 7.56. The van der Waals surface area contributed by atoms with Crippen LogP contribution in [-0.4, -0.2) is 12.4 Å². The zero-order valence-electron chi connectivity index (χ0n) is 7.38. The Morgan fingerprint density at radius 2 is 2.31 bits per heavy atom. The molecule has 0 heterocycles. The van der Waals surface area contributed by atoms with E-state index < -0.39 is 0 Å². The molecule has 0 fully saturated rings. The molecule has 1 aromatic carbocycles. The van der Waals surface area contributed by atoms with Gasteiger partial charge in [0.05, 0.1) is 18.7 Å². The zero-order valence-corrected chi connectivity index (χ0v) is 8.97. The Balaban J connectivity index is 3.04. The third-order valence-corrected chi connectivity index (χ3v) is 2.17. The predicted octanol–water partition coefficient (Wildman–Crippen LogP) is 2.50. The van der Waals surface area contributed by atoms with Gasteiger partial charge in [0, 0.05) is 5.33 Å². The van der Waals surface area contributed by atoms with E-state index in [9.17, 15) is 0 Å². The molecule has 1 aromatic rings. The molecular formula is C10H10BrNO. The minimum atomic E-state index is 0.678. The van der Waals surface area contributed by atoms with Crippen molar-refractivity contribution < 1.29 is 4.74 Å². The van der Waals surface area contributed by atoms with Crippen LogP contribution in [-0.2, 0) is 6.42 Å². The minimum absolute atomic E-state index is 0.678. The molecule has 0 aromatic heterocycles. The van der Waals surface area contributed by atoms with Crippen LogP contribution in [0.4, 0.5) is 0 Å². The Labute approximate surface area is 86.3 Å². The van der Waals surface area contributed by atoms with E-state index in [1.807, 2.05) is 12.1 Å². The van der Waals surface area contributed by atoms with Crippen LogP contribution in [0.3, 0.4) is 0 Å². The average molecular weight is 240 g/mol. The molecule has 0 saturated heterocycles. The molecule has 0 aliphatic carbocycles. The number of rotatable bonds is 3. The van der Waals surface area contributed by atoms with Crippen molar-refractivity contribution in [1.82, 2.24) is 0 Å². The van der Waals surface area contributed by atoms with Crippen molar-refractivity contribution in [2.75, 3.05) is 12.4 Å². The van der Waals surface area contributed by atoms with Gasteiger partial charge in [-0.3, -0.25) is 0 Å². The quantitative estimate of drug-likeness (QED) is 0.760. The van der Waals surface area contributed by atoms with Gasteiger partial charge in [0.25, 0.3) is 0 Å². The third-order valence-electron chi connectivity index (χ3n) is 1.77. The topological polar surface area (TPSA) is 33.0 Å². The van der Waals surface area contributed by atoms with Crippen LogP contribution in [0.5, 0.6) is 5.75 Å². The maximum Gasteiger partial charge on any atom is 0.122 e. The summed E-state index contributed by atoms with van der Waals surface area (Å²) in [4.78, 5) is 0. The molecule has 0 unspecified atom stereocenters. The number of hydrogen-bond donors (Lipinski definition) is 0. The largest absolute Gasteiger partial charge is 0.496 e. The first-order chi connectivity index (χ1) is 6.31. The van der Waals surface area contributed by atoms with E-state index in [4.69, 9.17) is 10.00 Å². The number of aryl methyl sites for hydroxylation is 1. The average Bonchev–Trinajstić information content (AvgIpc) is 2.18. The summed E-state index contributed by atoms with van der Waals surface area (Å²) >= 11 is 3.36. The third kappa shape index (κ3) is 2.46. The van der Waals surface area contributed by atoms with Gasteiger partial charge in [-0.15, -0.1) is 0 Å². The van der Waals surface area contributed by atoms with E-state index in [0.29, 0.717) is 5.56 Å². The van der Waals surface area contributed by atoms with Gasteiger partial charge in [0.2, 0.25) is 0 Å². The number of halogens is 1. The molecule has 0 N–H and O–H groups in total. The van der Waals surface area contributed by atoms with Crippen molar-refractivity contribution in [3.05, 3.63) is 29.3 Å². The second-order valence-corrected chi connectivity index (χ2v) is 3.37. The van der Waals surface area contributed by atoms with Crippen LogP contribution in [0.25, 0.3) is 0 Å². The number of nitrogens with zero attached hydrogens (tertiary/aromatic N) is 1. The van der Waals surface area contributed by atoms with Crippen LogP contribution in [0.15, 0.2) is 18.2 Å². The lowest BCUT2D eigenvalue weighted by Gasteiger charge is -2.06. The molecule has 0 atom stereocenters. The zero-order chi connectivity index (χ0) is 9.68. The number of alkyl halides is 1. The highest BCUT2D eigenvalue weighted by molar-refractivity contribution is 9.09. The summed E-state index contributed by atoms with van der Waals surface area (Å²) in [5, 5.41) is 9.56. The molecule has 0 saturated carbocycles. The second kappa shape index (κ2) is 4.88. The van der Waals surface area contributed by atoms with Gasteiger partial charge >= 0.3 is 0 Å². The summed E-state index contributed by atoms with van der Waals surface area (Å²) < 4.78 is 5.17. The number of benzene rings is 1. The van der Waals surface area contributed by atoms with Gasteiger partial charge in [-0.05, 0) is 30.2 Å². The summed E-state index contributed by atoms with van der Waals surface area (Å²) in [5.74, 6) is 0.846. The van der Waals surface area contributed by atoms with Gasteiger partial charge in [0.15, 0.2) is 0 Å². The van der Waals surface area contributed by atoms with Crippen LogP contribution >= 0.6 is 15.9 Å². The highest BCUT2D eigenvalue weighted by Crippen LogP contribution is 2.20. The molecule has 0 bridgehead atoms. The standard InChI is InChI=1S/C10H10BrNO/c1-13-10-3-2-8(7-12)6-9(10)4-5-11/h2-3,6H,4-5H2,1H3. The lowest BCUT2D eigenvalue weighted by Crippen LogP contribution is -1.93. The molecule has 3 heteroatoms. The van der Waals surface area contributed by atoms with Crippen molar-refractivity contribution in [3.8, 4) is 11.8 Å². The minimum Gasteiger partial charge on any atom is -0.496 e. The molecule has 0 spiro atoms. The monoisotopic (exact) mass is 239 g/mol. The summed E-state index contributed by atoms with van der Waals surface area (Å²) in [6.45, 7) is 0. The number of nitriles is 1. The maximum atomic E-state index is 8.69. The predicted molar refractivity (Wildman–Crippen MR) is 55.2 cm³/mol. The first-order valence-corrected chi connectivity index (χ1v) is 5.07. The van der Waals surface area contributed by atoms with Gasteiger partial charge < -0.3 is 4.74 Å². The molecule has 0 radical (unpaired) electrons. The van der Waals surface area contributed by atoms with Crippen molar-refractivity contribution in [2.24, 2.45) is 0 Å². The normalized spacial score (nSPS) is 9.31. The molecule has 68 valence electrons. The van der Waals surface area contributed by atoms with Crippen LogP contribution in [0.2, 0.25) is 0 Å². The molecular weight excluding hydrogens is 230 g/mol. The van der Waals surface area contributed by atoms with Gasteiger partial charge in [-0.25, -0.2) is 0 Å². The van der Waals surface area contributed by atoms with Crippen molar-refractivity contribution >= 4 is 15.9 Å². The summed E-state index contributed by atoms with van der Waals surface area (Å²) in [7, 11) is 1.64. The van der Waals surface area contributed by atoms with Crippen LogP contribution in [0.1, 0.15) is 11.1 Å². The van der Waals surface area contributed by atoms with E-state index >= 15 is 0 Å². The number of methoxy groups -OCH3 is 1. The molecule has 0 aliphatic heterocycles. The van der Waals surface area contributed by atoms with Gasteiger partial charge in [-0.1, -0.05) is 15.9 Å². The van der Waals surface area contributed by atoms with Crippen molar-refractivity contribution in [2.45, 2.75) is 6.42 Å². The van der Waals surface area contributed by atoms with Crippen molar-refractivity contribution in [3.63, 3.8) is 0 Å². The Morgan fingerprint density at radius 3 is 2.85 bits per heavy atom. The number of ether oxygens (including phenoxy) is 1. The lowest BCUT2D eigenvalue weighted by atomic mass is 10.1. The lowest BCUT2D eigenvalue weighted by molar-refractivity contribution is 0.410. The Hall–Kier alpha value is -1.01. The van der Waals surface area contributed by atoms with Crippen molar-refractivity contribution in [1.29, 1.82) is 5.26 Å². The number of hydrogen-bond acceptors (Lipinski definition) is 2. The van der Waals surface area contributed by atoms with E-state index in [-0.39, 0.29) is 0 Å². The smallest absolute Gasteiger partial charge is 0.122 e. The molecule has 0 aliphatic rings. The Kier molecular flexibility index (Phi) is 3.78. The highest BCUT2D eigenvalue weighted by Gasteiger charge is 2.02. The van der Waals surface area contributed by atoms with E-state index in [1.165, 1.54) is 0 Å². The van der Waals surface area contributed by atoms with E-state index in [1.54, 1.807) is 13.2 Å². The van der Waals surface area contributed by atoms with E-state index in [2.05, 4.69) is 22.0 Å². The molecule has 13 heavy (non-hydrogen) atoms. The van der Waals surface area contributed by atoms with Gasteiger partial charge in [-0.2, -0.15) is 5.26 Å². The maximum absolute atomic E-state index is 8.69. The molecule has 1 rings (SSSR count). The molecule has 2 nitrogen and oxygen atoms in total. The summed E-state index contributed by atoms with van der Waals surface area (Å²) in [6.07, 6.45) is 0.874. The fourth-order valence-corrected chi connectivity index (χ4v) is 1.57.